The maximum absolute atomic E-state index is 13.0. The van der Waals surface area contributed by atoms with Crippen LogP contribution in [-0.2, 0) is 16.0 Å². The zero-order valence-electron chi connectivity index (χ0n) is 16.2. The van der Waals surface area contributed by atoms with Gasteiger partial charge in [-0.1, -0.05) is 73.5 Å². The number of likely N-dealkylation sites (tertiary alicyclic amines) is 1. The van der Waals surface area contributed by atoms with E-state index in [0.29, 0.717) is 19.0 Å². The summed E-state index contributed by atoms with van der Waals surface area (Å²) in [6, 6.07) is 20.6. The fourth-order valence-corrected chi connectivity index (χ4v) is 4.55. The van der Waals surface area contributed by atoms with Crippen molar-refractivity contribution in [3.8, 4) is 0 Å². The Kier molecular flexibility index (Phi) is 5.75. The van der Waals surface area contributed by atoms with Gasteiger partial charge in [-0.05, 0) is 30.4 Å². The normalized spacial score (nSPS) is 21.1. The van der Waals surface area contributed by atoms with Gasteiger partial charge in [-0.2, -0.15) is 0 Å². The third-order valence-electron chi connectivity index (χ3n) is 6.10. The van der Waals surface area contributed by atoms with Crippen molar-refractivity contribution in [2.45, 2.75) is 50.6 Å². The second kappa shape index (κ2) is 8.59. The molecule has 0 radical (unpaired) electrons. The highest BCUT2D eigenvalue weighted by atomic mass is 16.2. The second-order valence-corrected chi connectivity index (χ2v) is 8.05. The van der Waals surface area contributed by atoms with Gasteiger partial charge in [-0.15, -0.1) is 0 Å². The van der Waals surface area contributed by atoms with Crippen molar-refractivity contribution in [3.05, 3.63) is 71.8 Å². The molecule has 4 heteroatoms. The van der Waals surface area contributed by atoms with E-state index in [1.165, 1.54) is 18.4 Å². The lowest BCUT2D eigenvalue weighted by Crippen LogP contribution is -2.38. The average Bonchev–Trinajstić information content (AvgIpc) is 3.38. The quantitative estimate of drug-likeness (QED) is 0.832. The molecule has 4 rings (SSSR count). The van der Waals surface area contributed by atoms with E-state index in [0.717, 1.165) is 24.8 Å². The molecule has 0 spiro atoms. The predicted molar refractivity (Wildman–Crippen MR) is 110 cm³/mol. The fraction of sp³-hybridized carbons (Fsp3) is 0.417. The summed E-state index contributed by atoms with van der Waals surface area (Å²) < 4.78 is 0. The molecule has 1 aliphatic heterocycles. The van der Waals surface area contributed by atoms with Crippen LogP contribution >= 0.6 is 0 Å². The number of amides is 2. The van der Waals surface area contributed by atoms with E-state index >= 15 is 0 Å². The Morgan fingerprint density at radius 3 is 2.32 bits per heavy atom. The van der Waals surface area contributed by atoms with Gasteiger partial charge in [-0.3, -0.25) is 9.59 Å². The maximum Gasteiger partial charge on any atom is 0.225 e. The first-order chi connectivity index (χ1) is 13.7. The molecule has 1 heterocycles. The van der Waals surface area contributed by atoms with Crippen LogP contribution in [-0.4, -0.2) is 29.3 Å². The number of benzene rings is 2. The Morgan fingerprint density at radius 1 is 1.00 bits per heavy atom. The van der Waals surface area contributed by atoms with Gasteiger partial charge in [0.2, 0.25) is 11.8 Å². The van der Waals surface area contributed by atoms with Crippen LogP contribution in [0.5, 0.6) is 0 Å². The molecule has 0 unspecified atom stereocenters. The van der Waals surface area contributed by atoms with Crippen LogP contribution < -0.4 is 5.32 Å². The predicted octanol–water partition coefficient (Wildman–Crippen LogP) is 3.88. The Bertz CT molecular complexity index is 800. The summed E-state index contributed by atoms with van der Waals surface area (Å²) in [4.78, 5) is 27.5. The molecule has 2 aromatic rings. The highest BCUT2D eigenvalue weighted by Crippen LogP contribution is 2.30. The van der Waals surface area contributed by atoms with Gasteiger partial charge >= 0.3 is 0 Å². The van der Waals surface area contributed by atoms with Gasteiger partial charge < -0.3 is 10.2 Å². The molecule has 4 nitrogen and oxygen atoms in total. The molecule has 1 saturated heterocycles. The van der Waals surface area contributed by atoms with Gasteiger partial charge in [0.15, 0.2) is 0 Å². The van der Waals surface area contributed by atoms with Gasteiger partial charge in [-0.25, -0.2) is 0 Å². The fourth-order valence-electron chi connectivity index (χ4n) is 4.55. The van der Waals surface area contributed by atoms with Gasteiger partial charge in [0, 0.05) is 19.0 Å². The minimum atomic E-state index is -0.241. The monoisotopic (exact) mass is 376 g/mol. The van der Waals surface area contributed by atoms with Crippen LogP contribution in [0.2, 0.25) is 0 Å². The van der Waals surface area contributed by atoms with Crippen LogP contribution in [0.3, 0.4) is 0 Å². The van der Waals surface area contributed by atoms with Crippen LogP contribution in [0.4, 0.5) is 0 Å². The van der Waals surface area contributed by atoms with E-state index in [2.05, 4.69) is 29.6 Å². The van der Waals surface area contributed by atoms with Crippen molar-refractivity contribution in [3.63, 3.8) is 0 Å². The standard InChI is InChI=1S/C24H28N2O2/c27-23-16-20(17-26(23)21-13-7-8-14-21)24(28)25-22(19-11-5-2-6-12-19)15-18-9-3-1-4-10-18/h1-6,9-12,20-22H,7-8,13-17H2,(H,25,28)/t20-,22+/m0/s1. The summed E-state index contributed by atoms with van der Waals surface area (Å²) in [5.41, 5.74) is 2.28. The first-order valence-corrected chi connectivity index (χ1v) is 10.4. The van der Waals surface area contributed by atoms with Crippen LogP contribution in [0.15, 0.2) is 60.7 Å². The number of rotatable bonds is 6. The number of hydrogen-bond acceptors (Lipinski definition) is 2. The molecule has 2 aromatic carbocycles. The molecule has 1 saturated carbocycles. The topological polar surface area (TPSA) is 49.4 Å². The number of hydrogen-bond donors (Lipinski definition) is 1. The molecular formula is C24H28N2O2. The zero-order valence-corrected chi connectivity index (χ0v) is 16.2. The largest absolute Gasteiger partial charge is 0.349 e. The van der Waals surface area contributed by atoms with Crippen LogP contribution in [0.25, 0.3) is 0 Å². The third-order valence-corrected chi connectivity index (χ3v) is 6.10. The minimum absolute atomic E-state index is 0.00127. The first-order valence-electron chi connectivity index (χ1n) is 10.4. The summed E-state index contributed by atoms with van der Waals surface area (Å²) in [6.07, 6.45) is 5.64. The van der Waals surface area contributed by atoms with E-state index in [4.69, 9.17) is 0 Å². The van der Waals surface area contributed by atoms with Crippen molar-refractivity contribution < 1.29 is 9.59 Å². The number of carbonyl (C=O) groups is 2. The van der Waals surface area contributed by atoms with E-state index in [-0.39, 0.29) is 23.8 Å². The van der Waals surface area contributed by atoms with E-state index in [9.17, 15) is 9.59 Å². The van der Waals surface area contributed by atoms with Crippen molar-refractivity contribution in [2.24, 2.45) is 5.92 Å². The summed E-state index contributed by atoms with van der Waals surface area (Å²) in [6.45, 7) is 0.572. The molecule has 2 amide bonds. The molecule has 2 aliphatic rings. The van der Waals surface area contributed by atoms with Crippen molar-refractivity contribution in [2.75, 3.05) is 6.54 Å². The number of nitrogens with zero attached hydrogens (tertiary/aromatic N) is 1. The average molecular weight is 377 g/mol. The lowest BCUT2D eigenvalue weighted by Gasteiger charge is -2.25. The second-order valence-electron chi connectivity index (χ2n) is 8.05. The van der Waals surface area contributed by atoms with Gasteiger partial charge in [0.05, 0.1) is 12.0 Å². The maximum atomic E-state index is 13.0. The lowest BCUT2D eigenvalue weighted by atomic mass is 9.97. The molecule has 0 bridgehead atoms. The van der Waals surface area contributed by atoms with Crippen LogP contribution in [0, 0.1) is 5.92 Å². The SMILES string of the molecule is O=C(N[C@H](Cc1ccccc1)c1ccccc1)[C@H]1CC(=O)N(C2CCCC2)C1. The number of carbonyl (C=O) groups excluding carboxylic acids is 2. The van der Waals surface area contributed by atoms with Crippen molar-refractivity contribution in [1.82, 2.24) is 10.2 Å². The highest BCUT2D eigenvalue weighted by Gasteiger charge is 2.39. The molecule has 2 fully saturated rings. The summed E-state index contributed by atoms with van der Waals surface area (Å²) >= 11 is 0. The molecule has 0 aromatic heterocycles. The van der Waals surface area contributed by atoms with E-state index in [1.54, 1.807) is 0 Å². The third kappa shape index (κ3) is 4.27. The van der Waals surface area contributed by atoms with E-state index < -0.39 is 0 Å². The van der Waals surface area contributed by atoms with E-state index in [1.807, 2.05) is 41.3 Å². The van der Waals surface area contributed by atoms with Crippen molar-refractivity contribution >= 4 is 11.8 Å². The van der Waals surface area contributed by atoms with Crippen LogP contribution in [0.1, 0.15) is 49.3 Å². The summed E-state index contributed by atoms with van der Waals surface area (Å²) in [5, 5.41) is 3.24. The Balaban J connectivity index is 1.45. The molecule has 28 heavy (non-hydrogen) atoms. The summed E-state index contributed by atoms with van der Waals surface area (Å²) in [5.74, 6) is -0.0971. The lowest BCUT2D eigenvalue weighted by molar-refractivity contribution is -0.130. The highest BCUT2D eigenvalue weighted by molar-refractivity contribution is 5.89. The molecule has 1 aliphatic carbocycles. The summed E-state index contributed by atoms with van der Waals surface area (Å²) in [7, 11) is 0. The number of nitrogens with one attached hydrogen (secondary N) is 1. The van der Waals surface area contributed by atoms with Gasteiger partial charge in [0.25, 0.3) is 0 Å². The minimum Gasteiger partial charge on any atom is -0.349 e. The van der Waals surface area contributed by atoms with Crippen molar-refractivity contribution in [1.29, 1.82) is 0 Å². The zero-order chi connectivity index (χ0) is 19.3. The molecule has 1 N–H and O–H groups in total. The molecule has 2 atom stereocenters. The van der Waals surface area contributed by atoms with Gasteiger partial charge in [0.1, 0.15) is 0 Å². The Morgan fingerprint density at radius 2 is 1.64 bits per heavy atom. The molecule has 146 valence electrons. The Hall–Kier alpha value is -2.62. The Labute approximate surface area is 166 Å². The smallest absolute Gasteiger partial charge is 0.225 e. The molecular weight excluding hydrogens is 348 g/mol. The first kappa shape index (κ1) is 18.7.